The largest absolute Gasteiger partial charge is 0.490 e. The fourth-order valence-electron chi connectivity index (χ4n) is 2.36. The van der Waals surface area contributed by atoms with E-state index in [2.05, 4.69) is 11.9 Å². The van der Waals surface area contributed by atoms with Gasteiger partial charge in [0, 0.05) is 25.0 Å². The predicted octanol–water partition coefficient (Wildman–Crippen LogP) is 2.25. The Kier molecular flexibility index (Phi) is 7.57. The van der Waals surface area contributed by atoms with Gasteiger partial charge in [0.05, 0.1) is 10.4 Å². The van der Waals surface area contributed by atoms with Gasteiger partial charge in [0.1, 0.15) is 0 Å². The second kappa shape index (κ2) is 8.99. The first-order valence-electron chi connectivity index (χ1n) is 7.51. The summed E-state index contributed by atoms with van der Waals surface area (Å²) >= 11 is 1.19. The lowest BCUT2D eigenvalue weighted by molar-refractivity contribution is -0.192. The number of amides is 1. The average molecular weight is 396 g/mol. The molecule has 146 valence electrons. The van der Waals surface area contributed by atoms with E-state index in [1.807, 2.05) is 0 Å². The van der Waals surface area contributed by atoms with Crippen LogP contribution in [0.4, 0.5) is 13.2 Å². The highest BCUT2D eigenvalue weighted by Gasteiger charge is 2.38. The minimum atomic E-state index is -5.08. The molecule has 0 bridgehead atoms. The second-order valence-corrected chi connectivity index (χ2v) is 6.69. The minimum Gasteiger partial charge on any atom is -0.478 e. The van der Waals surface area contributed by atoms with Crippen LogP contribution in [0.1, 0.15) is 32.9 Å². The molecule has 0 spiro atoms. The van der Waals surface area contributed by atoms with Crippen LogP contribution in [0.25, 0.3) is 0 Å². The van der Waals surface area contributed by atoms with Crippen molar-refractivity contribution in [3.05, 3.63) is 21.9 Å². The molecular weight excluding hydrogens is 377 g/mol. The van der Waals surface area contributed by atoms with Gasteiger partial charge in [0.25, 0.3) is 5.91 Å². The quantitative estimate of drug-likeness (QED) is 0.813. The Labute approximate surface area is 151 Å². The highest BCUT2D eigenvalue weighted by Crippen LogP contribution is 2.20. The third-order valence-electron chi connectivity index (χ3n) is 3.77. The molecule has 2 heterocycles. The summed E-state index contributed by atoms with van der Waals surface area (Å²) in [6.45, 7) is 1.94. The van der Waals surface area contributed by atoms with Gasteiger partial charge in [-0.25, -0.2) is 9.59 Å². The first kappa shape index (κ1) is 21.9. The molecule has 1 fully saturated rings. The van der Waals surface area contributed by atoms with Crippen molar-refractivity contribution < 1.29 is 37.8 Å². The summed E-state index contributed by atoms with van der Waals surface area (Å²) in [6.07, 6.45) is -2.99. The van der Waals surface area contributed by atoms with Crippen LogP contribution in [0.5, 0.6) is 0 Å². The summed E-state index contributed by atoms with van der Waals surface area (Å²) in [6, 6.07) is 1.67. The van der Waals surface area contributed by atoms with E-state index in [1.54, 1.807) is 11.9 Å². The first-order valence-corrected chi connectivity index (χ1v) is 8.39. The molecule has 11 heteroatoms. The molecule has 0 unspecified atom stereocenters. The van der Waals surface area contributed by atoms with Crippen LogP contribution in [-0.4, -0.2) is 77.3 Å². The van der Waals surface area contributed by atoms with E-state index in [4.69, 9.17) is 15.0 Å². The normalized spacial score (nSPS) is 17.8. The third-order valence-corrected chi connectivity index (χ3v) is 4.69. The van der Waals surface area contributed by atoms with Gasteiger partial charge in [-0.1, -0.05) is 0 Å². The Balaban J connectivity index is 0.000000412. The number of carbonyl (C=O) groups is 3. The van der Waals surface area contributed by atoms with Crippen molar-refractivity contribution in [3.8, 4) is 0 Å². The molecule has 2 rings (SSSR count). The molecule has 2 N–H and O–H groups in total. The number of aromatic carboxylic acids is 1. The number of hydrogen-bond acceptors (Lipinski definition) is 5. The van der Waals surface area contributed by atoms with E-state index in [-0.39, 0.29) is 17.5 Å². The SMILES string of the molecule is CN1CCC[C@@H](N(C)C(=O)c2cc(C(=O)O)cs2)C1.O=C(O)C(F)(F)F. The molecule has 1 aliphatic heterocycles. The molecule has 7 nitrogen and oxygen atoms in total. The number of carboxylic acid groups (broad SMARTS) is 2. The van der Waals surface area contributed by atoms with E-state index >= 15 is 0 Å². The van der Waals surface area contributed by atoms with Crippen LogP contribution in [0.2, 0.25) is 0 Å². The van der Waals surface area contributed by atoms with Gasteiger partial charge < -0.3 is 20.0 Å². The summed E-state index contributed by atoms with van der Waals surface area (Å²) < 4.78 is 31.7. The number of carboxylic acids is 2. The molecule has 1 atom stereocenters. The van der Waals surface area contributed by atoms with Crippen molar-refractivity contribution in [3.63, 3.8) is 0 Å². The van der Waals surface area contributed by atoms with Crippen molar-refractivity contribution in [1.82, 2.24) is 9.80 Å². The predicted molar refractivity (Wildman–Crippen MR) is 87.6 cm³/mol. The minimum absolute atomic E-state index is 0.0854. The number of thiophene rings is 1. The average Bonchev–Trinajstić information content (AvgIpc) is 3.03. The van der Waals surface area contributed by atoms with Crippen LogP contribution < -0.4 is 0 Å². The summed E-state index contributed by atoms with van der Waals surface area (Å²) in [5.74, 6) is -3.83. The smallest absolute Gasteiger partial charge is 0.478 e. The molecular formula is C15H19F3N2O5S. The van der Waals surface area contributed by atoms with Gasteiger partial charge in [-0.15, -0.1) is 11.3 Å². The van der Waals surface area contributed by atoms with Gasteiger partial charge in [-0.3, -0.25) is 4.79 Å². The van der Waals surface area contributed by atoms with Gasteiger partial charge >= 0.3 is 18.1 Å². The van der Waals surface area contributed by atoms with Gasteiger partial charge in [-0.05, 0) is 32.5 Å². The zero-order valence-corrected chi connectivity index (χ0v) is 14.9. The van der Waals surface area contributed by atoms with Crippen LogP contribution in [0, 0.1) is 0 Å². The van der Waals surface area contributed by atoms with E-state index in [0.717, 1.165) is 25.9 Å². The third kappa shape index (κ3) is 6.30. The first-order chi connectivity index (χ1) is 11.9. The Morgan fingerprint density at radius 1 is 1.31 bits per heavy atom. The number of nitrogens with zero attached hydrogens (tertiary/aromatic N) is 2. The molecule has 0 radical (unpaired) electrons. The molecule has 26 heavy (non-hydrogen) atoms. The summed E-state index contributed by atoms with van der Waals surface area (Å²) in [7, 11) is 3.85. The van der Waals surface area contributed by atoms with Crippen LogP contribution in [0.3, 0.4) is 0 Å². The molecule has 1 aliphatic rings. The maximum Gasteiger partial charge on any atom is 0.490 e. The maximum absolute atomic E-state index is 12.3. The molecule has 1 aromatic rings. The van der Waals surface area contributed by atoms with Gasteiger partial charge in [-0.2, -0.15) is 13.2 Å². The number of rotatable bonds is 3. The maximum atomic E-state index is 12.3. The highest BCUT2D eigenvalue weighted by atomic mass is 32.1. The van der Waals surface area contributed by atoms with Crippen molar-refractivity contribution in [2.45, 2.75) is 25.1 Å². The monoisotopic (exact) mass is 396 g/mol. The van der Waals surface area contributed by atoms with Gasteiger partial charge in [0.2, 0.25) is 0 Å². The van der Waals surface area contributed by atoms with E-state index in [9.17, 15) is 22.8 Å². The lowest BCUT2D eigenvalue weighted by atomic mass is 10.0. The Morgan fingerprint density at radius 2 is 1.88 bits per heavy atom. The fraction of sp³-hybridized carbons (Fsp3) is 0.533. The number of alkyl halides is 3. The van der Waals surface area contributed by atoms with Crippen molar-refractivity contribution in [2.24, 2.45) is 0 Å². The number of likely N-dealkylation sites (tertiary alicyclic amines) is 1. The number of likely N-dealkylation sites (N-methyl/N-ethyl adjacent to an activating group) is 2. The molecule has 0 aliphatic carbocycles. The van der Waals surface area contributed by atoms with E-state index in [1.165, 1.54) is 22.8 Å². The molecule has 1 aromatic heterocycles. The van der Waals surface area contributed by atoms with Gasteiger partial charge in [0.15, 0.2) is 0 Å². The number of carbonyl (C=O) groups excluding carboxylic acids is 1. The number of hydrogen-bond donors (Lipinski definition) is 2. The van der Waals surface area contributed by atoms with Crippen molar-refractivity contribution >= 4 is 29.2 Å². The van der Waals surface area contributed by atoms with Crippen LogP contribution >= 0.6 is 11.3 Å². The lowest BCUT2D eigenvalue weighted by Crippen LogP contribution is -2.47. The van der Waals surface area contributed by atoms with Crippen LogP contribution in [-0.2, 0) is 4.79 Å². The fourth-order valence-corrected chi connectivity index (χ4v) is 3.22. The van der Waals surface area contributed by atoms with Crippen LogP contribution in [0.15, 0.2) is 11.4 Å². The van der Waals surface area contributed by atoms with E-state index in [0.29, 0.717) is 4.88 Å². The zero-order valence-electron chi connectivity index (χ0n) is 14.1. The Bertz CT molecular complexity index is 662. The topological polar surface area (TPSA) is 98.2 Å². The second-order valence-electron chi connectivity index (χ2n) is 5.78. The van der Waals surface area contributed by atoms with E-state index < -0.39 is 18.1 Å². The Morgan fingerprint density at radius 3 is 2.31 bits per heavy atom. The summed E-state index contributed by atoms with van der Waals surface area (Å²) in [5.41, 5.74) is 0.183. The molecule has 1 amide bonds. The standard InChI is InChI=1S/C13H18N2O3S.C2HF3O2/c1-14-5-3-4-10(7-14)15(2)12(16)11-6-9(8-19-11)13(17)18;3-2(4,5)1(6)7/h6,8,10H,3-5,7H2,1-2H3,(H,17,18);(H,6,7)/t10-;/m1./s1. The molecule has 1 saturated heterocycles. The zero-order chi connectivity index (χ0) is 20.1. The van der Waals surface area contributed by atoms with Crippen molar-refractivity contribution in [1.29, 1.82) is 0 Å². The number of halogens is 3. The highest BCUT2D eigenvalue weighted by molar-refractivity contribution is 7.12. The summed E-state index contributed by atoms with van der Waals surface area (Å²) in [4.78, 5) is 36.5. The number of aliphatic carboxylic acids is 1. The van der Waals surface area contributed by atoms with Crippen molar-refractivity contribution in [2.75, 3.05) is 27.2 Å². The lowest BCUT2D eigenvalue weighted by Gasteiger charge is -2.35. The Hall–Kier alpha value is -2.14. The molecule has 0 aromatic carbocycles. The summed E-state index contributed by atoms with van der Waals surface area (Å²) in [5, 5.41) is 17.5. The molecule has 0 saturated carbocycles. The number of piperidine rings is 1.